The predicted molar refractivity (Wildman–Crippen MR) is 46.9 cm³/mol. The number of nitrogens with zero attached hydrogens (tertiary/aromatic N) is 4. The molecule has 0 atom stereocenters. The molecule has 0 aromatic carbocycles. The summed E-state index contributed by atoms with van der Waals surface area (Å²) in [6.07, 6.45) is 1.80. The number of rotatable bonds is 3. The Kier molecular flexibility index (Phi) is 2.89. The van der Waals surface area contributed by atoms with Crippen molar-refractivity contribution in [2.75, 3.05) is 0 Å². The van der Waals surface area contributed by atoms with Crippen molar-refractivity contribution in [1.29, 1.82) is 0 Å². The number of hydrogen-bond acceptors (Lipinski definition) is 4. The van der Waals surface area contributed by atoms with Crippen molar-refractivity contribution in [2.45, 2.75) is 20.3 Å². The van der Waals surface area contributed by atoms with E-state index < -0.39 is 0 Å². The van der Waals surface area contributed by atoms with E-state index in [-0.39, 0.29) is 12.2 Å². The van der Waals surface area contributed by atoms with Crippen LogP contribution < -0.4 is 0 Å². The highest BCUT2D eigenvalue weighted by atomic mass is 16.1. The van der Waals surface area contributed by atoms with Gasteiger partial charge in [0, 0.05) is 0 Å². The van der Waals surface area contributed by atoms with Crippen LogP contribution in [0.2, 0.25) is 0 Å². The second-order valence-corrected chi connectivity index (χ2v) is 3.06. The Morgan fingerprint density at radius 3 is 2.69 bits per heavy atom. The Bertz CT molecular complexity index is 336. The van der Waals surface area contributed by atoms with Gasteiger partial charge in [-0.05, 0) is 25.1 Å². The van der Waals surface area contributed by atoms with Gasteiger partial charge in [0.2, 0.25) is 0 Å². The molecular weight excluding hydrogens is 168 g/mol. The van der Waals surface area contributed by atoms with Gasteiger partial charge in [-0.15, -0.1) is 10.2 Å². The van der Waals surface area contributed by atoms with Gasteiger partial charge in [-0.3, -0.25) is 4.79 Å². The van der Waals surface area contributed by atoms with E-state index in [1.54, 1.807) is 13.1 Å². The van der Waals surface area contributed by atoms with Crippen molar-refractivity contribution in [3.05, 3.63) is 17.5 Å². The van der Waals surface area contributed by atoms with Crippen LogP contribution in [0.4, 0.5) is 0 Å². The summed E-state index contributed by atoms with van der Waals surface area (Å²) in [5.41, 5.74) is 0.980. The molecule has 0 N–H and O–H groups in total. The van der Waals surface area contributed by atoms with Crippen LogP contribution in [0.3, 0.4) is 0 Å². The first-order chi connectivity index (χ1) is 6.08. The lowest BCUT2D eigenvalue weighted by molar-refractivity contribution is -0.114. The summed E-state index contributed by atoms with van der Waals surface area (Å²) in [4.78, 5) is 12.6. The van der Waals surface area contributed by atoms with Crippen molar-refractivity contribution < 1.29 is 4.79 Å². The molecule has 0 amide bonds. The quantitative estimate of drug-likeness (QED) is 0.627. The van der Waals surface area contributed by atoms with E-state index in [1.165, 1.54) is 4.80 Å². The summed E-state index contributed by atoms with van der Waals surface area (Å²) in [5, 5.41) is 11.2. The number of aryl methyl sites for hydroxylation is 1. The molecule has 0 bridgehead atoms. The number of carbonyl (C=O) groups is 1. The maximum absolute atomic E-state index is 11.2. The Balaban J connectivity index is 2.60. The van der Waals surface area contributed by atoms with Crippen LogP contribution in [0.25, 0.3) is 0 Å². The lowest BCUT2D eigenvalue weighted by Crippen LogP contribution is -2.02. The molecule has 0 radical (unpaired) electrons. The van der Waals surface area contributed by atoms with Gasteiger partial charge in [0.15, 0.2) is 11.6 Å². The van der Waals surface area contributed by atoms with E-state index in [2.05, 4.69) is 15.4 Å². The third-order valence-electron chi connectivity index (χ3n) is 1.33. The molecule has 0 unspecified atom stereocenters. The second kappa shape index (κ2) is 3.93. The number of aromatic nitrogens is 4. The fraction of sp³-hybridized carbons (Fsp3) is 0.500. The van der Waals surface area contributed by atoms with Crippen molar-refractivity contribution in [3.8, 4) is 0 Å². The Morgan fingerprint density at radius 1 is 1.54 bits per heavy atom. The van der Waals surface area contributed by atoms with Crippen LogP contribution in [0.15, 0.2) is 11.6 Å². The average Bonchev–Trinajstić information content (AvgIpc) is 2.33. The molecule has 70 valence electrons. The van der Waals surface area contributed by atoms with Gasteiger partial charge >= 0.3 is 0 Å². The predicted octanol–water partition coefficient (Wildman–Crippen LogP) is 0.288. The molecule has 5 nitrogen and oxygen atoms in total. The topological polar surface area (TPSA) is 60.7 Å². The van der Waals surface area contributed by atoms with E-state index in [9.17, 15) is 4.79 Å². The molecule has 0 fully saturated rings. The number of tetrazole rings is 1. The number of carbonyl (C=O) groups excluding carboxylic acids is 1. The third kappa shape index (κ3) is 3.14. The molecule has 0 aliphatic heterocycles. The highest BCUT2D eigenvalue weighted by Gasteiger charge is 2.05. The highest BCUT2D eigenvalue weighted by Crippen LogP contribution is 1.94. The lowest BCUT2D eigenvalue weighted by atomic mass is 10.2. The smallest absolute Gasteiger partial charge is 0.182 e. The SMILES string of the molecule is CC(C)=CC(=O)Cc1nnn(C)n1. The van der Waals surface area contributed by atoms with Crippen LogP contribution in [0.5, 0.6) is 0 Å². The highest BCUT2D eigenvalue weighted by molar-refractivity contribution is 5.91. The van der Waals surface area contributed by atoms with Gasteiger partial charge < -0.3 is 0 Å². The van der Waals surface area contributed by atoms with Crippen molar-refractivity contribution in [1.82, 2.24) is 20.2 Å². The normalized spacial score (nSPS) is 9.77. The zero-order valence-electron chi connectivity index (χ0n) is 7.98. The number of allylic oxidation sites excluding steroid dienone is 2. The van der Waals surface area contributed by atoms with Crippen LogP contribution in [-0.2, 0) is 18.3 Å². The Labute approximate surface area is 76.4 Å². The standard InChI is InChI=1S/C8H12N4O/c1-6(2)4-7(13)5-8-9-11-12(3)10-8/h4H,5H2,1-3H3. The maximum Gasteiger partial charge on any atom is 0.182 e. The minimum Gasteiger partial charge on any atom is -0.294 e. The van der Waals surface area contributed by atoms with Crippen molar-refractivity contribution in [2.24, 2.45) is 7.05 Å². The van der Waals surface area contributed by atoms with E-state index in [4.69, 9.17) is 0 Å². The van der Waals surface area contributed by atoms with Crippen LogP contribution >= 0.6 is 0 Å². The molecule has 0 aliphatic carbocycles. The molecule has 0 spiro atoms. The maximum atomic E-state index is 11.2. The fourth-order valence-electron chi connectivity index (χ4n) is 0.923. The van der Waals surface area contributed by atoms with Crippen molar-refractivity contribution >= 4 is 5.78 Å². The number of ketones is 1. The Morgan fingerprint density at radius 2 is 2.23 bits per heavy atom. The van der Waals surface area contributed by atoms with Gasteiger partial charge in [0.1, 0.15) is 0 Å². The molecule has 1 heterocycles. The van der Waals surface area contributed by atoms with Gasteiger partial charge in [0.25, 0.3) is 0 Å². The first-order valence-corrected chi connectivity index (χ1v) is 3.98. The van der Waals surface area contributed by atoms with Gasteiger partial charge in [-0.25, -0.2) is 0 Å². The zero-order chi connectivity index (χ0) is 9.84. The molecule has 5 heteroatoms. The van der Waals surface area contributed by atoms with Gasteiger partial charge in [-0.2, -0.15) is 4.80 Å². The second-order valence-electron chi connectivity index (χ2n) is 3.06. The summed E-state index contributed by atoms with van der Waals surface area (Å²) >= 11 is 0. The molecule has 1 aromatic heterocycles. The van der Waals surface area contributed by atoms with Crippen LogP contribution in [0.1, 0.15) is 19.7 Å². The zero-order valence-corrected chi connectivity index (χ0v) is 7.98. The van der Waals surface area contributed by atoms with Crippen LogP contribution in [0, 0.1) is 0 Å². The Hall–Kier alpha value is -1.52. The first-order valence-electron chi connectivity index (χ1n) is 3.98. The summed E-state index contributed by atoms with van der Waals surface area (Å²) in [7, 11) is 1.67. The summed E-state index contributed by atoms with van der Waals surface area (Å²) in [6, 6.07) is 0. The molecule has 0 saturated heterocycles. The van der Waals surface area contributed by atoms with Crippen molar-refractivity contribution in [3.63, 3.8) is 0 Å². The van der Waals surface area contributed by atoms with Crippen LogP contribution in [-0.4, -0.2) is 26.0 Å². The summed E-state index contributed by atoms with van der Waals surface area (Å²) in [6.45, 7) is 3.75. The van der Waals surface area contributed by atoms with E-state index >= 15 is 0 Å². The third-order valence-corrected chi connectivity index (χ3v) is 1.33. The minimum absolute atomic E-state index is 0.00741. The largest absolute Gasteiger partial charge is 0.294 e. The molecule has 1 rings (SSSR count). The monoisotopic (exact) mass is 180 g/mol. The molecule has 13 heavy (non-hydrogen) atoms. The molecule has 0 saturated carbocycles. The van der Waals surface area contributed by atoms with E-state index in [0.29, 0.717) is 5.82 Å². The average molecular weight is 180 g/mol. The lowest BCUT2D eigenvalue weighted by Gasteiger charge is -1.89. The molecule has 1 aromatic rings. The van der Waals surface area contributed by atoms with E-state index in [0.717, 1.165) is 5.57 Å². The first kappa shape index (κ1) is 9.57. The van der Waals surface area contributed by atoms with Gasteiger partial charge in [-0.1, -0.05) is 5.57 Å². The molecule has 0 aliphatic rings. The van der Waals surface area contributed by atoms with Gasteiger partial charge in [0.05, 0.1) is 13.5 Å². The number of hydrogen-bond donors (Lipinski definition) is 0. The summed E-state index contributed by atoms with van der Waals surface area (Å²) in [5.74, 6) is 0.470. The summed E-state index contributed by atoms with van der Waals surface area (Å²) < 4.78 is 0. The fourth-order valence-corrected chi connectivity index (χ4v) is 0.923. The molecular formula is C8H12N4O. The minimum atomic E-state index is 0.00741. The van der Waals surface area contributed by atoms with E-state index in [1.807, 2.05) is 13.8 Å².